The van der Waals surface area contributed by atoms with Gasteiger partial charge in [0.1, 0.15) is 5.82 Å². The smallest absolute Gasteiger partial charge is 0.135 e. The number of pyridine rings is 1. The predicted molar refractivity (Wildman–Crippen MR) is 201 cm³/mol. The van der Waals surface area contributed by atoms with E-state index in [4.69, 9.17) is 9.72 Å². The molecule has 6 heteroatoms. The molecule has 5 aromatic carbocycles. The second-order valence-electron chi connectivity index (χ2n) is 14.2. The fraction of sp³-hybridized carbons (Fsp3) is 0.182. The van der Waals surface area contributed by atoms with Crippen LogP contribution in [0, 0.1) is 24.7 Å². The summed E-state index contributed by atoms with van der Waals surface area (Å²) in [5.41, 5.74) is 8.85. The van der Waals surface area contributed by atoms with Gasteiger partial charge in [-0.25, -0.2) is 4.98 Å². The molecule has 3 heterocycles. The van der Waals surface area contributed by atoms with Crippen LogP contribution in [0.25, 0.3) is 27.6 Å². The third kappa shape index (κ3) is 6.31. The van der Waals surface area contributed by atoms with Crippen molar-refractivity contribution in [2.24, 2.45) is 5.92 Å². The van der Waals surface area contributed by atoms with E-state index >= 15 is 0 Å². The minimum Gasteiger partial charge on any atom is -0.509 e. The number of para-hydroxylation sites is 3. The van der Waals surface area contributed by atoms with Crippen LogP contribution in [-0.4, -0.2) is 9.55 Å². The minimum absolute atomic E-state index is 0. The second kappa shape index (κ2) is 13.5. The minimum atomic E-state index is 0. The maximum atomic E-state index is 6.50. The molecule has 0 spiro atoms. The SMILES string of the molecule is CC(C)Cc1ccnc(-n2c3[c-]c(Oc4[c-]c(N5[CH-]N(c6cccc(C(C)(C)C)c6)c6ccccc65)ccc4)ccc3c3ccccc32)c1.[Pt]. The maximum absolute atomic E-state index is 6.50. The summed E-state index contributed by atoms with van der Waals surface area (Å²) in [4.78, 5) is 9.22. The van der Waals surface area contributed by atoms with Gasteiger partial charge >= 0.3 is 0 Å². The number of benzene rings is 5. The molecule has 0 bridgehead atoms. The number of hydrogen-bond acceptors (Lipinski definition) is 4. The van der Waals surface area contributed by atoms with E-state index in [1.165, 1.54) is 11.1 Å². The first-order valence-corrected chi connectivity index (χ1v) is 17.0. The Bertz CT molecular complexity index is 2320. The van der Waals surface area contributed by atoms with E-state index in [-0.39, 0.29) is 26.5 Å². The second-order valence-corrected chi connectivity index (χ2v) is 14.2. The molecule has 0 atom stereocenters. The van der Waals surface area contributed by atoms with Gasteiger partial charge in [0, 0.05) is 61.3 Å². The van der Waals surface area contributed by atoms with Gasteiger partial charge in [-0.2, -0.15) is 12.1 Å². The third-order valence-electron chi connectivity index (χ3n) is 9.09. The number of aromatic nitrogens is 2. The molecular weight excluding hydrogens is 796 g/mol. The molecule has 5 nitrogen and oxygen atoms in total. The van der Waals surface area contributed by atoms with E-state index in [0.29, 0.717) is 17.4 Å². The summed E-state index contributed by atoms with van der Waals surface area (Å²) < 4.78 is 8.70. The zero-order valence-corrected chi connectivity index (χ0v) is 31.2. The van der Waals surface area contributed by atoms with Crippen LogP contribution in [-0.2, 0) is 32.9 Å². The molecule has 8 rings (SSSR count). The van der Waals surface area contributed by atoms with Gasteiger partial charge in [-0.3, -0.25) is 0 Å². The number of ether oxygens (including phenoxy) is 1. The fourth-order valence-corrected chi connectivity index (χ4v) is 6.74. The Hall–Kier alpha value is -4.86. The van der Waals surface area contributed by atoms with Crippen LogP contribution < -0.4 is 14.5 Å². The summed E-state index contributed by atoms with van der Waals surface area (Å²) in [5, 5.41) is 2.27. The topological polar surface area (TPSA) is 33.5 Å². The molecule has 0 fully saturated rings. The van der Waals surface area contributed by atoms with Crippen molar-refractivity contribution in [3.05, 3.63) is 151 Å². The number of hydrogen-bond donors (Lipinski definition) is 0. The molecule has 254 valence electrons. The van der Waals surface area contributed by atoms with Crippen molar-refractivity contribution in [1.29, 1.82) is 0 Å². The average Bonchev–Trinajstić information content (AvgIpc) is 3.64. The zero-order chi connectivity index (χ0) is 33.7. The zero-order valence-electron chi connectivity index (χ0n) is 28.9. The van der Waals surface area contributed by atoms with Gasteiger partial charge in [0.2, 0.25) is 0 Å². The number of nitrogens with zero attached hydrogens (tertiary/aromatic N) is 4. The molecule has 7 aromatic rings. The van der Waals surface area contributed by atoms with E-state index in [0.717, 1.165) is 56.8 Å². The van der Waals surface area contributed by atoms with Crippen molar-refractivity contribution in [2.45, 2.75) is 46.5 Å². The molecule has 0 saturated heterocycles. The quantitative estimate of drug-likeness (QED) is 0.150. The van der Waals surface area contributed by atoms with E-state index in [2.05, 4.69) is 165 Å². The van der Waals surface area contributed by atoms with Gasteiger partial charge in [-0.05, 0) is 76.7 Å². The standard InChI is InChI=1S/C44H39N4O.Pt/c1-30(2)24-31-22-23-45-43(25-31)48-39-17-7-6-16-37(39)38-21-20-36(28-42(38)48)49-35-15-11-14-34(27-35)47-29-46(40-18-8-9-19-41(40)47)33-13-10-12-32(26-33)44(3,4)5;/h6-23,25-26,29-30H,24H2,1-5H3;/q-3;. The number of rotatable bonds is 7. The van der Waals surface area contributed by atoms with E-state index < -0.39 is 0 Å². The first-order chi connectivity index (χ1) is 23.7. The Labute approximate surface area is 309 Å². The van der Waals surface area contributed by atoms with Crippen LogP contribution in [0.4, 0.5) is 22.7 Å². The van der Waals surface area contributed by atoms with Crippen molar-refractivity contribution >= 4 is 44.6 Å². The Morgan fingerprint density at radius 3 is 2.28 bits per heavy atom. The van der Waals surface area contributed by atoms with Crippen LogP contribution in [0.2, 0.25) is 0 Å². The Kier molecular flexibility index (Phi) is 9.05. The molecule has 0 radical (unpaired) electrons. The Morgan fingerprint density at radius 2 is 1.48 bits per heavy atom. The van der Waals surface area contributed by atoms with Crippen LogP contribution in [0.3, 0.4) is 0 Å². The molecule has 0 N–H and O–H groups in total. The van der Waals surface area contributed by atoms with Crippen molar-refractivity contribution in [2.75, 3.05) is 9.80 Å². The van der Waals surface area contributed by atoms with Gasteiger partial charge < -0.3 is 19.1 Å². The first kappa shape index (κ1) is 33.6. The summed E-state index contributed by atoms with van der Waals surface area (Å²) in [6.45, 7) is 13.4. The van der Waals surface area contributed by atoms with Gasteiger partial charge in [-0.15, -0.1) is 48.1 Å². The molecule has 0 amide bonds. The summed E-state index contributed by atoms with van der Waals surface area (Å²) in [5.74, 6) is 2.68. The van der Waals surface area contributed by atoms with E-state index in [9.17, 15) is 0 Å². The summed E-state index contributed by atoms with van der Waals surface area (Å²) in [6, 6.07) is 47.3. The summed E-state index contributed by atoms with van der Waals surface area (Å²) in [6.07, 6.45) is 2.90. The van der Waals surface area contributed by atoms with Crippen molar-refractivity contribution in [3.8, 4) is 17.3 Å². The molecule has 0 aliphatic carbocycles. The van der Waals surface area contributed by atoms with Crippen LogP contribution in [0.15, 0.2) is 121 Å². The van der Waals surface area contributed by atoms with E-state index in [1.807, 2.05) is 24.4 Å². The van der Waals surface area contributed by atoms with Crippen molar-refractivity contribution in [1.82, 2.24) is 9.55 Å². The predicted octanol–water partition coefficient (Wildman–Crippen LogP) is 11.5. The van der Waals surface area contributed by atoms with Gasteiger partial charge in [0.15, 0.2) is 0 Å². The van der Waals surface area contributed by atoms with E-state index in [1.54, 1.807) is 0 Å². The molecule has 0 saturated carbocycles. The third-order valence-corrected chi connectivity index (χ3v) is 9.09. The Morgan fingerprint density at radius 1 is 0.740 bits per heavy atom. The average molecular weight is 835 g/mol. The molecule has 1 aliphatic rings. The fourth-order valence-electron chi connectivity index (χ4n) is 6.74. The molecular formula is C44H39N4OPt-3. The molecule has 1 aliphatic heterocycles. The van der Waals surface area contributed by atoms with Crippen LogP contribution in [0.5, 0.6) is 11.5 Å². The normalized spacial score (nSPS) is 12.8. The van der Waals surface area contributed by atoms with Crippen LogP contribution >= 0.6 is 0 Å². The largest absolute Gasteiger partial charge is 0.509 e. The van der Waals surface area contributed by atoms with Gasteiger partial charge in [0.05, 0.1) is 0 Å². The molecule has 50 heavy (non-hydrogen) atoms. The summed E-state index contributed by atoms with van der Waals surface area (Å²) in [7, 11) is 0. The van der Waals surface area contributed by atoms with Crippen LogP contribution in [0.1, 0.15) is 45.7 Å². The first-order valence-electron chi connectivity index (χ1n) is 17.0. The summed E-state index contributed by atoms with van der Waals surface area (Å²) >= 11 is 0. The number of anilines is 4. The monoisotopic (exact) mass is 834 g/mol. The van der Waals surface area contributed by atoms with Gasteiger partial charge in [-0.1, -0.05) is 82.6 Å². The maximum Gasteiger partial charge on any atom is 0.135 e. The van der Waals surface area contributed by atoms with Crippen molar-refractivity contribution < 1.29 is 25.8 Å². The Balaban J connectivity index is 0.00000392. The van der Waals surface area contributed by atoms with Gasteiger partial charge in [0.25, 0.3) is 0 Å². The number of fused-ring (bicyclic) bond motifs is 4. The van der Waals surface area contributed by atoms with Crippen molar-refractivity contribution in [3.63, 3.8) is 0 Å². The molecule has 2 aromatic heterocycles. The molecule has 0 unspecified atom stereocenters.